The summed E-state index contributed by atoms with van der Waals surface area (Å²) < 4.78 is 38.4. The van der Waals surface area contributed by atoms with E-state index in [0.29, 0.717) is 5.56 Å². The van der Waals surface area contributed by atoms with Crippen LogP contribution in [0.3, 0.4) is 0 Å². The standard InChI is InChI=1S/C11H9F3O/c1-5-7(4-10(5)15)6-2-8(12)11(14)9(13)3-6/h2-3,5,7H,4H2,1H3. The number of carbonyl (C=O) groups is 1. The van der Waals surface area contributed by atoms with Crippen molar-refractivity contribution in [3.63, 3.8) is 0 Å². The zero-order valence-electron chi connectivity index (χ0n) is 8.06. The third-order valence-electron chi connectivity index (χ3n) is 2.97. The molecule has 0 aliphatic heterocycles. The Balaban J connectivity index is 2.35. The van der Waals surface area contributed by atoms with Crippen LogP contribution >= 0.6 is 0 Å². The van der Waals surface area contributed by atoms with Crippen molar-refractivity contribution in [1.82, 2.24) is 0 Å². The first-order chi connectivity index (χ1) is 7.00. The van der Waals surface area contributed by atoms with E-state index < -0.39 is 17.5 Å². The highest BCUT2D eigenvalue weighted by atomic mass is 19.2. The largest absolute Gasteiger partial charge is 0.299 e. The number of rotatable bonds is 1. The molecule has 0 bridgehead atoms. The van der Waals surface area contributed by atoms with Gasteiger partial charge in [-0.1, -0.05) is 6.92 Å². The van der Waals surface area contributed by atoms with Gasteiger partial charge in [0.1, 0.15) is 5.78 Å². The highest BCUT2D eigenvalue weighted by Gasteiger charge is 2.37. The molecule has 1 aliphatic rings. The number of hydrogen-bond acceptors (Lipinski definition) is 1. The Kier molecular flexibility index (Phi) is 2.29. The first-order valence-electron chi connectivity index (χ1n) is 4.68. The topological polar surface area (TPSA) is 17.1 Å². The zero-order chi connectivity index (χ0) is 11.2. The van der Waals surface area contributed by atoms with Crippen molar-refractivity contribution in [2.75, 3.05) is 0 Å². The molecule has 0 saturated heterocycles. The van der Waals surface area contributed by atoms with Crippen LogP contribution in [0, 0.1) is 23.4 Å². The number of halogens is 3. The average molecular weight is 214 g/mol. The smallest absolute Gasteiger partial charge is 0.194 e. The highest BCUT2D eigenvalue weighted by molar-refractivity contribution is 5.88. The Bertz CT molecular complexity index is 405. The second kappa shape index (κ2) is 3.36. The van der Waals surface area contributed by atoms with E-state index in [1.54, 1.807) is 6.92 Å². The Labute approximate surface area is 84.9 Å². The molecule has 4 heteroatoms. The third kappa shape index (κ3) is 1.54. The van der Waals surface area contributed by atoms with Crippen LogP contribution < -0.4 is 0 Å². The van der Waals surface area contributed by atoms with Crippen molar-refractivity contribution in [3.05, 3.63) is 35.1 Å². The van der Waals surface area contributed by atoms with Crippen LogP contribution in [0.25, 0.3) is 0 Å². The summed E-state index contributed by atoms with van der Waals surface area (Å²) in [6.07, 6.45) is 0.283. The summed E-state index contributed by atoms with van der Waals surface area (Å²) in [5.41, 5.74) is 0.360. The molecule has 0 N–H and O–H groups in total. The van der Waals surface area contributed by atoms with E-state index >= 15 is 0 Å². The minimum Gasteiger partial charge on any atom is -0.299 e. The number of benzene rings is 1. The molecule has 1 aromatic carbocycles. The van der Waals surface area contributed by atoms with Crippen molar-refractivity contribution in [2.45, 2.75) is 19.3 Å². The van der Waals surface area contributed by atoms with Gasteiger partial charge in [0.2, 0.25) is 0 Å². The van der Waals surface area contributed by atoms with Gasteiger partial charge in [-0.05, 0) is 17.7 Å². The van der Waals surface area contributed by atoms with E-state index in [1.165, 1.54) is 0 Å². The Morgan fingerprint density at radius 1 is 1.20 bits per heavy atom. The van der Waals surface area contributed by atoms with E-state index in [9.17, 15) is 18.0 Å². The van der Waals surface area contributed by atoms with E-state index in [4.69, 9.17) is 0 Å². The minimum absolute atomic E-state index is 0.0742. The molecule has 0 spiro atoms. The molecule has 2 atom stereocenters. The van der Waals surface area contributed by atoms with Crippen molar-refractivity contribution >= 4 is 5.78 Å². The molecule has 1 aliphatic carbocycles. The van der Waals surface area contributed by atoms with Crippen LogP contribution in [-0.4, -0.2) is 5.78 Å². The predicted molar refractivity (Wildman–Crippen MR) is 47.8 cm³/mol. The first-order valence-corrected chi connectivity index (χ1v) is 4.68. The first kappa shape index (κ1) is 10.2. The van der Waals surface area contributed by atoms with Crippen LogP contribution in [0.2, 0.25) is 0 Å². The number of Topliss-reactive ketones (excluding diaryl/α,β-unsaturated/α-hetero) is 1. The lowest BCUT2D eigenvalue weighted by Crippen LogP contribution is -2.32. The van der Waals surface area contributed by atoms with Gasteiger partial charge in [-0.15, -0.1) is 0 Å². The molecular formula is C11H9F3O. The van der Waals surface area contributed by atoms with Gasteiger partial charge in [0.15, 0.2) is 17.5 Å². The van der Waals surface area contributed by atoms with Gasteiger partial charge in [0, 0.05) is 18.3 Å². The van der Waals surface area contributed by atoms with Gasteiger partial charge in [-0.2, -0.15) is 0 Å². The van der Waals surface area contributed by atoms with Crippen molar-refractivity contribution in [3.8, 4) is 0 Å². The molecular weight excluding hydrogens is 205 g/mol. The number of carbonyl (C=O) groups excluding carboxylic acids is 1. The Hall–Kier alpha value is -1.32. The second-order valence-electron chi connectivity index (χ2n) is 3.86. The van der Waals surface area contributed by atoms with Crippen molar-refractivity contribution in [1.29, 1.82) is 0 Å². The van der Waals surface area contributed by atoms with E-state index in [-0.39, 0.29) is 24.0 Å². The molecule has 2 rings (SSSR count). The van der Waals surface area contributed by atoms with Gasteiger partial charge in [-0.3, -0.25) is 4.79 Å². The molecule has 1 saturated carbocycles. The summed E-state index contributed by atoms with van der Waals surface area (Å²) in [6, 6.07) is 1.93. The summed E-state index contributed by atoms with van der Waals surface area (Å²) in [6.45, 7) is 1.70. The van der Waals surface area contributed by atoms with Crippen LogP contribution in [0.1, 0.15) is 24.8 Å². The summed E-state index contributed by atoms with van der Waals surface area (Å²) >= 11 is 0. The van der Waals surface area contributed by atoms with Crippen LogP contribution in [-0.2, 0) is 4.79 Å². The lowest BCUT2D eigenvalue weighted by atomic mass is 9.70. The summed E-state index contributed by atoms with van der Waals surface area (Å²) in [4.78, 5) is 11.0. The molecule has 0 aromatic heterocycles. The fourth-order valence-electron chi connectivity index (χ4n) is 1.84. The lowest BCUT2D eigenvalue weighted by molar-refractivity contribution is -0.130. The quantitative estimate of drug-likeness (QED) is 0.657. The fraction of sp³-hybridized carbons (Fsp3) is 0.364. The Morgan fingerprint density at radius 3 is 2.13 bits per heavy atom. The summed E-state index contributed by atoms with van der Waals surface area (Å²) in [5, 5.41) is 0. The zero-order valence-corrected chi connectivity index (χ0v) is 8.06. The molecule has 80 valence electrons. The minimum atomic E-state index is -1.46. The van der Waals surface area contributed by atoms with Crippen LogP contribution in [0.4, 0.5) is 13.2 Å². The summed E-state index contributed by atoms with van der Waals surface area (Å²) in [7, 11) is 0. The lowest BCUT2D eigenvalue weighted by Gasteiger charge is -2.32. The van der Waals surface area contributed by atoms with Gasteiger partial charge < -0.3 is 0 Å². The van der Waals surface area contributed by atoms with Crippen molar-refractivity contribution in [2.24, 2.45) is 5.92 Å². The number of ketones is 1. The summed E-state index contributed by atoms with van der Waals surface area (Å²) in [5.74, 6) is -4.19. The number of hydrogen-bond donors (Lipinski definition) is 0. The predicted octanol–water partition coefficient (Wildman–Crippen LogP) is 2.80. The molecule has 2 unspecified atom stereocenters. The molecule has 0 radical (unpaired) electrons. The van der Waals surface area contributed by atoms with Gasteiger partial charge in [0.25, 0.3) is 0 Å². The normalized spacial score (nSPS) is 25.2. The third-order valence-corrected chi connectivity index (χ3v) is 2.97. The maximum atomic E-state index is 12.9. The second-order valence-corrected chi connectivity index (χ2v) is 3.86. The molecule has 0 heterocycles. The molecule has 1 aromatic rings. The van der Waals surface area contributed by atoms with E-state index in [2.05, 4.69) is 0 Å². The van der Waals surface area contributed by atoms with Crippen LogP contribution in [0.15, 0.2) is 12.1 Å². The van der Waals surface area contributed by atoms with Gasteiger partial charge in [0.05, 0.1) is 0 Å². The Morgan fingerprint density at radius 2 is 1.73 bits per heavy atom. The van der Waals surface area contributed by atoms with Crippen molar-refractivity contribution < 1.29 is 18.0 Å². The van der Waals surface area contributed by atoms with E-state index in [1.807, 2.05) is 0 Å². The monoisotopic (exact) mass is 214 g/mol. The molecule has 15 heavy (non-hydrogen) atoms. The maximum Gasteiger partial charge on any atom is 0.194 e. The van der Waals surface area contributed by atoms with Crippen LogP contribution in [0.5, 0.6) is 0 Å². The van der Waals surface area contributed by atoms with Gasteiger partial charge >= 0.3 is 0 Å². The van der Waals surface area contributed by atoms with Gasteiger partial charge in [-0.25, -0.2) is 13.2 Å². The molecule has 1 nitrogen and oxygen atoms in total. The maximum absolute atomic E-state index is 12.9. The van der Waals surface area contributed by atoms with E-state index in [0.717, 1.165) is 12.1 Å². The SMILES string of the molecule is CC1C(=O)CC1c1cc(F)c(F)c(F)c1. The molecule has 1 fully saturated rings. The highest BCUT2D eigenvalue weighted by Crippen LogP contribution is 2.39. The fourth-order valence-corrected chi connectivity index (χ4v) is 1.84. The molecule has 0 amide bonds. The average Bonchev–Trinajstić information content (AvgIpc) is 2.21.